The summed E-state index contributed by atoms with van der Waals surface area (Å²) >= 11 is 0. The van der Waals surface area contributed by atoms with Gasteiger partial charge in [0.2, 0.25) is 0 Å². The average Bonchev–Trinajstić information content (AvgIpc) is 3.59. The minimum Gasteiger partial charge on any atom is -0.358 e. The molecule has 2 aliphatic carbocycles. The van der Waals surface area contributed by atoms with Gasteiger partial charge >= 0.3 is 26.2 Å². The average molecular weight is 572 g/mol. The number of aryl methyl sites for hydroxylation is 6. The van der Waals surface area contributed by atoms with Gasteiger partial charge < -0.3 is 14.9 Å². The van der Waals surface area contributed by atoms with Gasteiger partial charge in [-0.2, -0.15) is 12.1 Å². The van der Waals surface area contributed by atoms with Crippen LogP contribution in [0.15, 0.2) is 60.7 Å². The maximum atomic E-state index is 2.54. The van der Waals surface area contributed by atoms with E-state index >= 15 is 0 Å². The molecule has 0 amide bonds. The van der Waals surface area contributed by atoms with Crippen LogP contribution in [0.1, 0.15) is 58.4 Å². The van der Waals surface area contributed by atoms with Crippen molar-refractivity contribution >= 4 is 43.1 Å². The molecule has 2 aliphatic rings. The summed E-state index contributed by atoms with van der Waals surface area (Å²) in [6, 6.07) is 23.9. The molecule has 0 saturated carbocycles. The Morgan fingerprint density at radius 2 is 0.947 bits per heavy atom. The van der Waals surface area contributed by atoms with Crippen LogP contribution in [0.25, 0.3) is 43.1 Å². The number of rotatable bonds is 2. The van der Waals surface area contributed by atoms with Gasteiger partial charge in [0.15, 0.2) is 0 Å². The van der Waals surface area contributed by atoms with Crippen molar-refractivity contribution < 1.29 is 26.2 Å². The summed E-state index contributed by atoms with van der Waals surface area (Å²) in [5.74, 6) is 0. The molecule has 0 N–H and O–H groups in total. The van der Waals surface area contributed by atoms with Gasteiger partial charge in [-0.05, 0) is 47.6 Å². The smallest absolute Gasteiger partial charge is 0.358 e. The first-order valence-corrected chi connectivity index (χ1v) is 13.2. The Morgan fingerprint density at radius 3 is 1.37 bits per heavy atom. The Hall–Kier alpha value is -2.50. The predicted octanol–water partition coefficient (Wildman–Crippen LogP) is 9.78. The molecule has 0 radical (unpaired) electrons. The second kappa shape index (κ2) is 9.03. The van der Waals surface area contributed by atoms with E-state index in [1.807, 2.05) is 0 Å². The SMILES string of the molecule is Cc1cc2c3cccc4c3c(cc2[c-]1C(C)(C)[c-]1c(C)cc2c3cccc5c3c(cc21)CC5)CC4.[CH3-].[CH3-].[Zr+4]. The summed E-state index contributed by atoms with van der Waals surface area (Å²) in [4.78, 5) is 0. The van der Waals surface area contributed by atoms with E-state index in [0.717, 1.165) is 0 Å². The van der Waals surface area contributed by atoms with Crippen LogP contribution in [0, 0.1) is 28.7 Å². The van der Waals surface area contributed by atoms with Gasteiger partial charge in [0.25, 0.3) is 0 Å². The van der Waals surface area contributed by atoms with Gasteiger partial charge in [-0.15, -0.1) is 55.9 Å². The molecule has 188 valence electrons. The quantitative estimate of drug-likeness (QED) is 0.181. The molecule has 8 rings (SSSR count). The molecule has 1 heteroatoms. The van der Waals surface area contributed by atoms with Crippen LogP contribution < -0.4 is 0 Å². The van der Waals surface area contributed by atoms with Crippen molar-refractivity contribution in [2.24, 2.45) is 0 Å². The van der Waals surface area contributed by atoms with Gasteiger partial charge in [0, 0.05) is 0 Å². The predicted molar refractivity (Wildman–Crippen MR) is 163 cm³/mol. The van der Waals surface area contributed by atoms with E-state index in [0.29, 0.717) is 0 Å². The first-order valence-electron chi connectivity index (χ1n) is 13.2. The maximum absolute atomic E-state index is 2.54. The van der Waals surface area contributed by atoms with Crippen molar-refractivity contribution in [1.82, 2.24) is 0 Å². The van der Waals surface area contributed by atoms with E-state index in [9.17, 15) is 0 Å². The van der Waals surface area contributed by atoms with Crippen molar-refractivity contribution in [1.29, 1.82) is 0 Å². The maximum Gasteiger partial charge on any atom is 4.00 e. The molecule has 6 aromatic carbocycles. The van der Waals surface area contributed by atoms with E-state index in [1.54, 1.807) is 11.1 Å². The number of fused-ring (bicyclic) bond motifs is 4. The first-order chi connectivity index (χ1) is 16.9. The third kappa shape index (κ3) is 3.30. The van der Waals surface area contributed by atoms with Crippen molar-refractivity contribution in [2.75, 3.05) is 0 Å². The number of hydrogen-bond donors (Lipinski definition) is 0. The van der Waals surface area contributed by atoms with Crippen LogP contribution in [0.3, 0.4) is 0 Å². The molecular weight excluding hydrogens is 536 g/mol. The summed E-state index contributed by atoms with van der Waals surface area (Å²) in [5.41, 5.74) is 12.0. The van der Waals surface area contributed by atoms with E-state index in [1.165, 1.54) is 102 Å². The molecule has 0 fully saturated rings. The number of benzene rings is 4. The minimum atomic E-state index is -0.0785. The zero-order chi connectivity index (χ0) is 23.6. The van der Waals surface area contributed by atoms with Gasteiger partial charge in [-0.3, -0.25) is 0 Å². The molecule has 38 heavy (non-hydrogen) atoms. The fraction of sp³-hybridized carbons (Fsp3) is 0.243. The van der Waals surface area contributed by atoms with E-state index in [-0.39, 0.29) is 46.5 Å². The summed E-state index contributed by atoms with van der Waals surface area (Å²) < 4.78 is 0. The van der Waals surface area contributed by atoms with Crippen LogP contribution in [0.4, 0.5) is 0 Å². The number of hydrogen-bond acceptors (Lipinski definition) is 0. The van der Waals surface area contributed by atoms with Crippen LogP contribution in [0.2, 0.25) is 0 Å². The van der Waals surface area contributed by atoms with Crippen molar-refractivity contribution in [2.45, 2.75) is 58.8 Å². The van der Waals surface area contributed by atoms with Crippen molar-refractivity contribution in [3.63, 3.8) is 0 Å². The molecule has 0 atom stereocenters. The van der Waals surface area contributed by atoms with Gasteiger partial charge in [-0.1, -0.05) is 91.4 Å². The monoisotopic (exact) mass is 570 g/mol. The van der Waals surface area contributed by atoms with E-state index in [2.05, 4.69) is 88.4 Å². The van der Waals surface area contributed by atoms with Crippen molar-refractivity contribution in [3.8, 4) is 0 Å². The first kappa shape index (κ1) is 27.1. The molecular formula is C37H36Zr. The Bertz CT molecular complexity index is 1750. The summed E-state index contributed by atoms with van der Waals surface area (Å²) in [6.45, 7) is 9.60. The molecule has 0 nitrogen and oxygen atoms in total. The largest absolute Gasteiger partial charge is 4.00 e. The van der Waals surface area contributed by atoms with Gasteiger partial charge in [0.1, 0.15) is 0 Å². The zero-order valence-electron chi connectivity index (χ0n) is 23.6. The Morgan fingerprint density at radius 1 is 0.553 bits per heavy atom. The molecule has 0 bridgehead atoms. The third-order valence-corrected chi connectivity index (χ3v) is 9.37. The summed E-state index contributed by atoms with van der Waals surface area (Å²) in [5, 5.41) is 11.8. The summed E-state index contributed by atoms with van der Waals surface area (Å²) in [6.07, 6.45) is 4.71. The Balaban J connectivity index is 0.000000980. The molecule has 0 heterocycles. The molecule has 0 spiro atoms. The third-order valence-electron chi connectivity index (χ3n) is 9.37. The fourth-order valence-electron chi connectivity index (χ4n) is 8.21. The van der Waals surface area contributed by atoms with Crippen LogP contribution in [-0.4, -0.2) is 0 Å². The van der Waals surface area contributed by atoms with Gasteiger partial charge in [0.05, 0.1) is 0 Å². The molecule has 0 aromatic heterocycles. The Labute approximate surface area is 246 Å². The fourth-order valence-corrected chi connectivity index (χ4v) is 8.21. The summed E-state index contributed by atoms with van der Waals surface area (Å²) in [7, 11) is 0. The normalized spacial score (nSPS) is 13.8. The topological polar surface area (TPSA) is 0 Å². The molecule has 0 unspecified atom stereocenters. The van der Waals surface area contributed by atoms with E-state index < -0.39 is 0 Å². The van der Waals surface area contributed by atoms with Gasteiger partial charge in [-0.25, -0.2) is 0 Å². The van der Waals surface area contributed by atoms with Crippen LogP contribution >= 0.6 is 0 Å². The standard InChI is InChI=1S/C35H30.2CH3.Zr/c1-19-15-27-25-9-5-7-21-11-13-23(31(21)25)17-29(27)33(19)35(3,4)34-20(2)16-28-26-10-6-8-22-12-14-24(32(22)26)18-30(28)34;;;/h5-10,15-18H,11-14H2,1-4H3;2*1H3;/q-2;2*-1;+4. The second-order valence-electron chi connectivity index (χ2n) is 11.7. The van der Waals surface area contributed by atoms with Crippen LogP contribution in [-0.2, 0) is 57.3 Å². The molecule has 0 saturated heterocycles. The molecule has 6 aromatic rings. The van der Waals surface area contributed by atoms with Crippen molar-refractivity contribution in [3.05, 3.63) is 120 Å². The second-order valence-corrected chi connectivity index (χ2v) is 11.7. The van der Waals surface area contributed by atoms with E-state index in [4.69, 9.17) is 0 Å². The minimum absolute atomic E-state index is 0. The zero-order valence-corrected chi connectivity index (χ0v) is 26.1. The Kier molecular flexibility index (Phi) is 6.43. The molecule has 0 aliphatic heterocycles. The van der Waals surface area contributed by atoms with Crippen LogP contribution in [0.5, 0.6) is 0 Å².